The molecular formula is C11H11ClN2O. The maximum atomic E-state index is 11.8. The van der Waals surface area contributed by atoms with Gasteiger partial charge in [-0.05, 0) is 18.2 Å². The van der Waals surface area contributed by atoms with Crippen LogP contribution in [0.1, 0.15) is 10.4 Å². The number of terminal acetylenes is 1. The van der Waals surface area contributed by atoms with Crippen molar-refractivity contribution in [3.8, 4) is 12.3 Å². The number of carbonyl (C=O) groups excluding carboxylic acids is 1. The zero-order chi connectivity index (χ0) is 11.4. The third-order valence-electron chi connectivity index (χ3n) is 1.92. The minimum atomic E-state index is -0.206. The van der Waals surface area contributed by atoms with Crippen LogP contribution in [-0.2, 0) is 0 Å². The van der Waals surface area contributed by atoms with Crippen LogP contribution >= 0.6 is 11.6 Å². The zero-order valence-electron chi connectivity index (χ0n) is 8.33. The predicted octanol–water partition coefficient (Wildman–Crippen LogP) is 1.63. The average molecular weight is 223 g/mol. The van der Waals surface area contributed by atoms with E-state index in [1.165, 1.54) is 4.90 Å². The van der Waals surface area contributed by atoms with Gasteiger partial charge in [-0.1, -0.05) is 17.5 Å². The number of anilines is 1. The van der Waals surface area contributed by atoms with Crippen molar-refractivity contribution < 1.29 is 4.79 Å². The highest BCUT2D eigenvalue weighted by atomic mass is 35.5. The normalized spacial score (nSPS) is 9.40. The molecule has 3 nitrogen and oxygen atoms in total. The Morgan fingerprint density at radius 1 is 1.67 bits per heavy atom. The maximum Gasteiger partial charge on any atom is 0.256 e. The molecule has 15 heavy (non-hydrogen) atoms. The molecule has 0 fully saturated rings. The molecule has 78 valence electrons. The highest BCUT2D eigenvalue weighted by Crippen LogP contribution is 2.19. The minimum Gasteiger partial charge on any atom is -0.398 e. The lowest BCUT2D eigenvalue weighted by Gasteiger charge is -2.15. The van der Waals surface area contributed by atoms with Gasteiger partial charge in [0.2, 0.25) is 0 Å². The summed E-state index contributed by atoms with van der Waals surface area (Å²) < 4.78 is 0. The maximum absolute atomic E-state index is 11.8. The summed E-state index contributed by atoms with van der Waals surface area (Å²) in [7, 11) is 1.62. The topological polar surface area (TPSA) is 46.3 Å². The van der Waals surface area contributed by atoms with Crippen molar-refractivity contribution in [3.05, 3.63) is 28.8 Å². The number of hydrogen-bond acceptors (Lipinski definition) is 2. The van der Waals surface area contributed by atoms with Crippen molar-refractivity contribution in [1.29, 1.82) is 0 Å². The van der Waals surface area contributed by atoms with Crippen molar-refractivity contribution in [2.75, 3.05) is 19.3 Å². The number of nitrogens with two attached hydrogens (primary N) is 1. The average Bonchev–Trinajstić information content (AvgIpc) is 2.17. The SMILES string of the molecule is C#CCN(C)C(=O)c1ccc(Cl)cc1N. The molecule has 0 aliphatic rings. The van der Waals surface area contributed by atoms with Crippen LogP contribution in [0.4, 0.5) is 5.69 Å². The molecule has 0 heterocycles. The smallest absolute Gasteiger partial charge is 0.256 e. The van der Waals surface area contributed by atoms with Crippen molar-refractivity contribution in [1.82, 2.24) is 4.90 Å². The molecule has 2 N–H and O–H groups in total. The molecule has 1 aromatic carbocycles. The van der Waals surface area contributed by atoms with Crippen molar-refractivity contribution >= 4 is 23.2 Å². The van der Waals surface area contributed by atoms with E-state index in [0.29, 0.717) is 16.3 Å². The molecular weight excluding hydrogens is 212 g/mol. The summed E-state index contributed by atoms with van der Waals surface area (Å²) in [6.45, 7) is 0.251. The molecule has 0 aliphatic heterocycles. The summed E-state index contributed by atoms with van der Waals surface area (Å²) in [4.78, 5) is 13.2. The molecule has 0 unspecified atom stereocenters. The lowest BCUT2D eigenvalue weighted by atomic mass is 10.1. The van der Waals surface area contributed by atoms with Gasteiger partial charge in [-0.25, -0.2) is 0 Å². The second kappa shape index (κ2) is 4.72. The molecule has 0 atom stereocenters. The lowest BCUT2D eigenvalue weighted by molar-refractivity contribution is 0.0813. The van der Waals surface area contributed by atoms with E-state index in [-0.39, 0.29) is 12.5 Å². The summed E-state index contributed by atoms with van der Waals surface area (Å²) in [6.07, 6.45) is 5.11. The number of nitrogens with zero attached hydrogens (tertiary/aromatic N) is 1. The number of halogens is 1. The van der Waals surface area contributed by atoms with E-state index in [9.17, 15) is 4.79 Å². The molecule has 0 spiro atoms. The van der Waals surface area contributed by atoms with E-state index in [0.717, 1.165) is 0 Å². The van der Waals surface area contributed by atoms with Crippen LogP contribution in [0, 0.1) is 12.3 Å². The van der Waals surface area contributed by atoms with Gasteiger partial charge in [0.1, 0.15) is 0 Å². The molecule has 1 aromatic rings. The fourth-order valence-electron chi connectivity index (χ4n) is 1.14. The van der Waals surface area contributed by atoms with E-state index in [4.69, 9.17) is 23.8 Å². The summed E-state index contributed by atoms with van der Waals surface area (Å²) in [5.41, 5.74) is 6.44. The van der Waals surface area contributed by atoms with Gasteiger partial charge >= 0.3 is 0 Å². The summed E-state index contributed by atoms with van der Waals surface area (Å²) >= 11 is 5.73. The van der Waals surface area contributed by atoms with E-state index in [1.807, 2.05) is 0 Å². The fraction of sp³-hybridized carbons (Fsp3) is 0.182. The minimum absolute atomic E-state index is 0.206. The standard InChI is InChI=1S/C11H11ClN2O/c1-3-6-14(2)11(15)9-5-4-8(12)7-10(9)13/h1,4-5,7H,6,13H2,2H3. The summed E-state index contributed by atoms with van der Waals surface area (Å²) in [5.74, 6) is 2.18. The first-order valence-electron chi connectivity index (χ1n) is 4.30. The quantitative estimate of drug-likeness (QED) is 0.611. The Morgan fingerprint density at radius 2 is 2.33 bits per heavy atom. The van der Waals surface area contributed by atoms with Gasteiger partial charge < -0.3 is 10.6 Å². The number of nitrogen functional groups attached to an aromatic ring is 1. The van der Waals surface area contributed by atoms with Crippen molar-refractivity contribution in [2.45, 2.75) is 0 Å². The Kier molecular flexibility index (Phi) is 3.59. The fourth-order valence-corrected chi connectivity index (χ4v) is 1.32. The Bertz CT molecular complexity index is 423. The first kappa shape index (κ1) is 11.4. The highest BCUT2D eigenvalue weighted by molar-refractivity contribution is 6.31. The monoisotopic (exact) mass is 222 g/mol. The van der Waals surface area contributed by atoms with Crippen LogP contribution in [-0.4, -0.2) is 24.4 Å². The molecule has 0 aliphatic carbocycles. The first-order valence-corrected chi connectivity index (χ1v) is 4.68. The van der Waals surface area contributed by atoms with Gasteiger partial charge in [0.15, 0.2) is 0 Å². The molecule has 0 bridgehead atoms. The molecule has 1 amide bonds. The van der Waals surface area contributed by atoms with Gasteiger partial charge in [-0.2, -0.15) is 0 Å². The molecule has 0 saturated heterocycles. The van der Waals surface area contributed by atoms with Crippen LogP contribution in [0.15, 0.2) is 18.2 Å². The highest BCUT2D eigenvalue weighted by Gasteiger charge is 2.13. The van der Waals surface area contributed by atoms with Gasteiger partial charge in [-0.3, -0.25) is 4.79 Å². The van der Waals surface area contributed by atoms with Crippen LogP contribution in [0.3, 0.4) is 0 Å². The second-order valence-corrected chi connectivity index (χ2v) is 3.53. The molecule has 1 rings (SSSR count). The summed E-state index contributed by atoms with van der Waals surface area (Å²) in [6, 6.07) is 4.75. The number of rotatable bonds is 2. The largest absolute Gasteiger partial charge is 0.398 e. The first-order chi connectivity index (χ1) is 7.06. The summed E-state index contributed by atoms with van der Waals surface area (Å²) in [5, 5.41) is 0.503. The third-order valence-corrected chi connectivity index (χ3v) is 2.15. The number of carbonyl (C=O) groups is 1. The Morgan fingerprint density at radius 3 is 2.87 bits per heavy atom. The number of benzene rings is 1. The molecule has 0 saturated carbocycles. The van der Waals surface area contributed by atoms with Gasteiger partial charge in [0.05, 0.1) is 12.1 Å². The van der Waals surface area contributed by atoms with E-state index in [1.54, 1.807) is 25.2 Å². The number of hydrogen-bond donors (Lipinski definition) is 1. The van der Waals surface area contributed by atoms with Gasteiger partial charge in [0, 0.05) is 17.8 Å². The Balaban J connectivity index is 2.97. The van der Waals surface area contributed by atoms with E-state index < -0.39 is 0 Å². The van der Waals surface area contributed by atoms with Gasteiger partial charge in [-0.15, -0.1) is 6.42 Å². The van der Waals surface area contributed by atoms with E-state index >= 15 is 0 Å². The predicted molar refractivity (Wildman–Crippen MR) is 61.7 cm³/mol. The molecule has 0 radical (unpaired) electrons. The molecule has 4 heteroatoms. The lowest BCUT2D eigenvalue weighted by Crippen LogP contribution is -2.27. The second-order valence-electron chi connectivity index (χ2n) is 3.10. The van der Waals surface area contributed by atoms with Crippen LogP contribution < -0.4 is 5.73 Å². The zero-order valence-corrected chi connectivity index (χ0v) is 9.08. The van der Waals surface area contributed by atoms with Gasteiger partial charge in [0.25, 0.3) is 5.91 Å². The van der Waals surface area contributed by atoms with Crippen molar-refractivity contribution in [2.24, 2.45) is 0 Å². The van der Waals surface area contributed by atoms with Crippen LogP contribution in [0.2, 0.25) is 5.02 Å². The third kappa shape index (κ3) is 2.64. The Hall–Kier alpha value is -1.66. The Labute approximate surface area is 93.8 Å². The molecule has 0 aromatic heterocycles. The van der Waals surface area contributed by atoms with Crippen molar-refractivity contribution in [3.63, 3.8) is 0 Å². The van der Waals surface area contributed by atoms with Crippen LogP contribution in [0.25, 0.3) is 0 Å². The van der Waals surface area contributed by atoms with E-state index in [2.05, 4.69) is 5.92 Å². The number of amides is 1. The van der Waals surface area contributed by atoms with Crippen LogP contribution in [0.5, 0.6) is 0 Å².